The van der Waals surface area contributed by atoms with E-state index in [0.29, 0.717) is 0 Å². The first kappa shape index (κ1) is 10.7. The van der Waals surface area contributed by atoms with Crippen molar-refractivity contribution in [1.29, 1.82) is 0 Å². The van der Waals surface area contributed by atoms with E-state index in [0.717, 1.165) is 12.8 Å². The smallest absolute Gasteiger partial charge is 0.0989 e. The molecule has 1 saturated heterocycles. The molecule has 0 saturated carbocycles. The fourth-order valence-electron chi connectivity index (χ4n) is 1.66. The summed E-state index contributed by atoms with van der Waals surface area (Å²) < 4.78 is 0. The summed E-state index contributed by atoms with van der Waals surface area (Å²) in [5, 5.41) is 30.8. The molecule has 1 fully saturated rings. The van der Waals surface area contributed by atoms with Crippen LogP contribution < -0.4 is 5.32 Å². The summed E-state index contributed by atoms with van der Waals surface area (Å²) in [6.07, 6.45) is 1.65. The lowest BCUT2D eigenvalue weighted by Crippen LogP contribution is -2.36. The summed E-state index contributed by atoms with van der Waals surface area (Å²) >= 11 is 0. The SMILES string of the molecule is C=CCC[C@H]1N[C@H](CO)[C@@H](O)[C@H]1O. The number of allylic oxidation sites excluding steroid dienone is 1. The van der Waals surface area contributed by atoms with Crippen molar-refractivity contribution in [3.05, 3.63) is 12.7 Å². The van der Waals surface area contributed by atoms with E-state index in [4.69, 9.17) is 5.11 Å². The predicted molar refractivity (Wildman–Crippen MR) is 49.2 cm³/mol. The maximum atomic E-state index is 9.53. The molecule has 0 aliphatic carbocycles. The van der Waals surface area contributed by atoms with Crippen molar-refractivity contribution in [1.82, 2.24) is 5.32 Å². The van der Waals surface area contributed by atoms with Gasteiger partial charge in [-0.2, -0.15) is 0 Å². The van der Waals surface area contributed by atoms with Crippen LogP contribution in [0.15, 0.2) is 12.7 Å². The van der Waals surface area contributed by atoms with Crippen LogP contribution in [0.25, 0.3) is 0 Å². The molecule has 4 N–H and O–H groups in total. The standard InChI is InChI=1S/C9H17NO3/c1-2-3-4-6-8(12)9(13)7(5-11)10-6/h2,6-13H,1,3-5H2/t6-,7-,8+,9-/m1/s1. The summed E-state index contributed by atoms with van der Waals surface area (Å²) in [6, 6.07) is -0.532. The van der Waals surface area contributed by atoms with Crippen LogP contribution >= 0.6 is 0 Å². The van der Waals surface area contributed by atoms with Gasteiger partial charge in [-0.15, -0.1) is 6.58 Å². The second kappa shape index (κ2) is 4.72. The molecular weight excluding hydrogens is 170 g/mol. The van der Waals surface area contributed by atoms with Gasteiger partial charge in [0, 0.05) is 6.04 Å². The van der Waals surface area contributed by atoms with Crippen molar-refractivity contribution in [2.24, 2.45) is 0 Å². The summed E-state index contributed by atoms with van der Waals surface area (Å²) in [5.74, 6) is 0. The van der Waals surface area contributed by atoms with Crippen LogP contribution in [0.3, 0.4) is 0 Å². The Bertz CT molecular complexity index is 174. The van der Waals surface area contributed by atoms with E-state index in [-0.39, 0.29) is 12.6 Å². The molecule has 4 heteroatoms. The van der Waals surface area contributed by atoms with Crippen LogP contribution in [0.1, 0.15) is 12.8 Å². The number of nitrogens with one attached hydrogen (secondary N) is 1. The third-order valence-corrected chi connectivity index (χ3v) is 2.48. The Kier molecular flexibility index (Phi) is 3.87. The molecule has 0 unspecified atom stereocenters. The Morgan fingerprint density at radius 3 is 2.31 bits per heavy atom. The zero-order valence-corrected chi connectivity index (χ0v) is 7.56. The molecule has 76 valence electrons. The van der Waals surface area contributed by atoms with Crippen molar-refractivity contribution in [3.8, 4) is 0 Å². The molecule has 0 amide bonds. The minimum Gasteiger partial charge on any atom is -0.395 e. The summed E-state index contributed by atoms with van der Waals surface area (Å²) in [6.45, 7) is 3.43. The molecule has 1 aliphatic rings. The lowest BCUT2D eigenvalue weighted by atomic mass is 10.0. The quantitative estimate of drug-likeness (QED) is 0.426. The average Bonchev–Trinajstić information content (AvgIpc) is 2.41. The van der Waals surface area contributed by atoms with E-state index < -0.39 is 18.2 Å². The molecule has 13 heavy (non-hydrogen) atoms. The highest BCUT2D eigenvalue weighted by Gasteiger charge is 2.39. The van der Waals surface area contributed by atoms with Crippen LogP contribution in [0.5, 0.6) is 0 Å². The minimum atomic E-state index is -0.861. The lowest BCUT2D eigenvalue weighted by molar-refractivity contribution is 0.0189. The van der Waals surface area contributed by atoms with E-state index in [1.165, 1.54) is 0 Å². The van der Waals surface area contributed by atoms with Gasteiger partial charge in [0.1, 0.15) is 0 Å². The fraction of sp³-hybridized carbons (Fsp3) is 0.778. The van der Waals surface area contributed by atoms with Crippen molar-refractivity contribution < 1.29 is 15.3 Å². The van der Waals surface area contributed by atoms with Crippen LogP contribution in [0, 0.1) is 0 Å². The Balaban J connectivity index is 2.45. The van der Waals surface area contributed by atoms with Crippen LogP contribution in [-0.4, -0.2) is 46.2 Å². The van der Waals surface area contributed by atoms with E-state index in [2.05, 4.69) is 11.9 Å². The van der Waals surface area contributed by atoms with Crippen LogP contribution in [0.4, 0.5) is 0 Å². The molecule has 0 bridgehead atoms. The van der Waals surface area contributed by atoms with Gasteiger partial charge in [0.25, 0.3) is 0 Å². The Hall–Kier alpha value is -0.420. The molecule has 0 radical (unpaired) electrons. The maximum Gasteiger partial charge on any atom is 0.0989 e. The largest absolute Gasteiger partial charge is 0.395 e. The van der Waals surface area contributed by atoms with Gasteiger partial charge in [0.05, 0.1) is 24.9 Å². The Morgan fingerprint density at radius 2 is 1.85 bits per heavy atom. The molecule has 1 aliphatic heterocycles. The Morgan fingerprint density at radius 1 is 1.23 bits per heavy atom. The van der Waals surface area contributed by atoms with Gasteiger partial charge in [-0.05, 0) is 12.8 Å². The molecule has 4 atom stereocenters. The van der Waals surface area contributed by atoms with Crippen molar-refractivity contribution in [2.75, 3.05) is 6.61 Å². The molecule has 1 rings (SSSR count). The molecule has 0 spiro atoms. The number of hydrogen-bond acceptors (Lipinski definition) is 4. The minimum absolute atomic E-state index is 0.134. The predicted octanol–water partition coefficient (Wildman–Crippen LogP) is -0.993. The first-order valence-electron chi connectivity index (χ1n) is 4.54. The molecule has 0 aromatic rings. The number of aliphatic hydroxyl groups excluding tert-OH is 3. The van der Waals surface area contributed by atoms with Gasteiger partial charge in [-0.25, -0.2) is 0 Å². The zero-order chi connectivity index (χ0) is 9.84. The van der Waals surface area contributed by atoms with Gasteiger partial charge >= 0.3 is 0 Å². The molecule has 0 aromatic heterocycles. The van der Waals surface area contributed by atoms with Gasteiger partial charge in [-0.3, -0.25) is 0 Å². The van der Waals surface area contributed by atoms with E-state index >= 15 is 0 Å². The highest BCUT2D eigenvalue weighted by atomic mass is 16.3. The molecule has 4 nitrogen and oxygen atoms in total. The molecule has 1 heterocycles. The van der Waals surface area contributed by atoms with Gasteiger partial charge in [-0.1, -0.05) is 6.08 Å². The average molecular weight is 187 g/mol. The third kappa shape index (κ3) is 2.28. The van der Waals surface area contributed by atoms with Crippen LogP contribution in [-0.2, 0) is 0 Å². The van der Waals surface area contributed by atoms with Crippen molar-refractivity contribution in [2.45, 2.75) is 37.1 Å². The van der Waals surface area contributed by atoms with E-state index in [1.54, 1.807) is 6.08 Å². The number of hydrogen-bond donors (Lipinski definition) is 4. The first-order chi connectivity index (χ1) is 6.20. The second-order valence-electron chi connectivity index (χ2n) is 3.41. The van der Waals surface area contributed by atoms with Crippen LogP contribution in [0.2, 0.25) is 0 Å². The van der Waals surface area contributed by atoms with Gasteiger partial charge < -0.3 is 20.6 Å². The fourth-order valence-corrected chi connectivity index (χ4v) is 1.66. The topological polar surface area (TPSA) is 72.7 Å². The van der Waals surface area contributed by atoms with Gasteiger partial charge in [0.15, 0.2) is 0 Å². The molecular formula is C9H17NO3. The summed E-state index contributed by atoms with van der Waals surface area (Å²) in [4.78, 5) is 0. The maximum absolute atomic E-state index is 9.53. The number of aliphatic hydroxyl groups is 3. The zero-order valence-electron chi connectivity index (χ0n) is 7.56. The highest BCUT2D eigenvalue weighted by molar-refractivity contribution is 4.98. The Labute approximate surface area is 77.9 Å². The summed E-state index contributed by atoms with van der Waals surface area (Å²) in [7, 11) is 0. The van der Waals surface area contributed by atoms with E-state index in [1.807, 2.05) is 0 Å². The lowest BCUT2D eigenvalue weighted by Gasteiger charge is -2.14. The van der Waals surface area contributed by atoms with Crippen molar-refractivity contribution >= 4 is 0 Å². The monoisotopic (exact) mass is 187 g/mol. The molecule has 0 aromatic carbocycles. The first-order valence-corrected chi connectivity index (χ1v) is 4.54. The second-order valence-corrected chi connectivity index (χ2v) is 3.41. The van der Waals surface area contributed by atoms with Gasteiger partial charge in [0.2, 0.25) is 0 Å². The highest BCUT2D eigenvalue weighted by Crippen LogP contribution is 2.17. The van der Waals surface area contributed by atoms with Crippen molar-refractivity contribution in [3.63, 3.8) is 0 Å². The third-order valence-electron chi connectivity index (χ3n) is 2.48. The number of rotatable bonds is 4. The normalized spacial score (nSPS) is 39.3. The van der Waals surface area contributed by atoms with E-state index in [9.17, 15) is 10.2 Å². The summed E-state index contributed by atoms with van der Waals surface area (Å²) in [5.41, 5.74) is 0.